The van der Waals surface area contributed by atoms with Crippen molar-refractivity contribution in [1.82, 2.24) is 0 Å². The zero-order valence-corrected chi connectivity index (χ0v) is 7.75. The summed E-state index contributed by atoms with van der Waals surface area (Å²) >= 11 is 0. The number of alkyl halides is 1. The Kier molecular flexibility index (Phi) is 2.51. The summed E-state index contributed by atoms with van der Waals surface area (Å²) < 4.78 is 12.8. The van der Waals surface area contributed by atoms with Crippen molar-refractivity contribution >= 4 is 5.71 Å². The van der Waals surface area contributed by atoms with Crippen LogP contribution in [0, 0.1) is 11.8 Å². The van der Waals surface area contributed by atoms with Crippen molar-refractivity contribution in [3.8, 4) is 0 Å². The highest BCUT2D eigenvalue weighted by atomic mass is 19.1. The third kappa shape index (κ3) is 2.01. The van der Waals surface area contributed by atoms with Gasteiger partial charge in [0.25, 0.3) is 0 Å². The van der Waals surface area contributed by atoms with E-state index in [2.05, 4.69) is 5.16 Å². The van der Waals surface area contributed by atoms with Gasteiger partial charge in [-0.25, -0.2) is 4.39 Å². The molecule has 0 heterocycles. The third-order valence-electron chi connectivity index (χ3n) is 3.19. The van der Waals surface area contributed by atoms with E-state index in [1.807, 2.05) is 0 Å². The molecule has 0 amide bonds. The van der Waals surface area contributed by atoms with Crippen LogP contribution in [0.2, 0.25) is 0 Å². The highest BCUT2D eigenvalue weighted by Crippen LogP contribution is 2.38. The van der Waals surface area contributed by atoms with Crippen LogP contribution >= 0.6 is 0 Å². The van der Waals surface area contributed by atoms with Gasteiger partial charge in [0.05, 0.1) is 5.71 Å². The maximum atomic E-state index is 12.8. The second-order valence-corrected chi connectivity index (χ2v) is 4.25. The molecule has 2 fully saturated rings. The molecule has 3 heteroatoms. The normalized spacial score (nSPS) is 36.2. The lowest BCUT2D eigenvalue weighted by atomic mass is 9.83. The Balaban J connectivity index is 1.92. The van der Waals surface area contributed by atoms with Crippen LogP contribution in [0.3, 0.4) is 0 Å². The van der Waals surface area contributed by atoms with Crippen molar-refractivity contribution in [3.05, 3.63) is 0 Å². The van der Waals surface area contributed by atoms with Gasteiger partial charge in [0, 0.05) is 11.8 Å². The molecular weight excluding hydrogens is 169 g/mol. The summed E-state index contributed by atoms with van der Waals surface area (Å²) in [6.07, 6.45) is 4.75. The number of halogens is 1. The first-order valence-electron chi connectivity index (χ1n) is 5.17. The van der Waals surface area contributed by atoms with E-state index in [4.69, 9.17) is 5.21 Å². The van der Waals surface area contributed by atoms with E-state index in [1.54, 1.807) is 0 Å². The van der Waals surface area contributed by atoms with Gasteiger partial charge in [-0.05, 0) is 38.5 Å². The van der Waals surface area contributed by atoms with Gasteiger partial charge in [-0.3, -0.25) is 0 Å². The minimum absolute atomic E-state index is 0.365. The second kappa shape index (κ2) is 3.64. The summed E-state index contributed by atoms with van der Waals surface area (Å²) in [5.74, 6) is 0.885. The molecule has 0 unspecified atom stereocenters. The first-order valence-corrected chi connectivity index (χ1v) is 5.17. The summed E-state index contributed by atoms with van der Waals surface area (Å²) in [6.45, 7) is 0. The van der Waals surface area contributed by atoms with Gasteiger partial charge in [0.15, 0.2) is 0 Å². The topological polar surface area (TPSA) is 32.6 Å². The lowest BCUT2D eigenvalue weighted by Crippen LogP contribution is -2.23. The van der Waals surface area contributed by atoms with E-state index in [1.165, 1.54) is 0 Å². The fraction of sp³-hybridized carbons (Fsp3) is 0.900. The van der Waals surface area contributed by atoms with Crippen LogP contribution < -0.4 is 0 Å². The molecule has 0 aromatic heterocycles. The average molecular weight is 185 g/mol. The molecule has 2 rings (SSSR count). The monoisotopic (exact) mass is 185 g/mol. The summed E-state index contributed by atoms with van der Waals surface area (Å²) in [6, 6.07) is 0. The molecule has 0 aromatic carbocycles. The number of oxime groups is 1. The standard InChI is InChI=1S/C10H16FNO/c11-9-5-3-8(4-6-9)10(12-13)7-1-2-7/h7-9,13H,1-6H2. The van der Waals surface area contributed by atoms with Crippen molar-refractivity contribution in [2.24, 2.45) is 17.0 Å². The Morgan fingerprint density at radius 1 is 1.00 bits per heavy atom. The fourth-order valence-corrected chi connectivity index (χ4v) is 2.22. The number of hydrogen-bond acceptors (Lipinski definition) is 2. The predicted octanol–water partition coefficient (Wildman–Crippen LogP) is 2.75. The van der Waals surface area contributed by atoms with Gasteiger partial charge in [0.2, 0.25) is 0 Å². The zero-order valence-electron chi connectivity index (χ0n) is 7.75. The lowest BCUT2D eigenvalue weighted by Gasteiger charge is -2.24. The Bertz CT molecular complexity index is 205. The molecule has 0 aromatic rings. The molecule has 1 N–H and O–H groups in total. The molecule has 2 aliphatic rings. The Morgan fingerprint density at radius 3 is 1.85 bits per heavy atom. The van der Waals surface area contributed by atoms with Gasteiger partial charge >= 0.3 is 0 Å². The zero-order chi connectivity index (χ0) is 9.26. The molecule has 0 bridgehead atoms. The molecule has 0 saturated heterocycles. The first-order chi connectivity index (χ1) is 6.31. The molecule has 2 aliphatic carbocycles. The third-order valence-corrected chi connectivity index (χ3v) is 3.19. The van der Waals surface area contributed by atoms with Crippen molar-refractivity contribution in [2.45, 2.75) is 44.7 Å². The molecule has 0 aliphatic heterocycles. The van der Waals surface area contributed by atoms with Crippen LogP contribution in [0.1, 0.15) is 38.5 Å². The van der Waals surface area contributed by atoms with Crippen molar-refractivity contribution < 1.29 is 9.60 Å². The number of nitrogens with zero attached hydrogens (tertiary/aromatic N) is 1. The highest BCUT2D eigenvalue weighted by molar-refractivity contribution is 5.90. The van der Waals surface area contributed by atoms with Crippen LogP contribution in [-0.4, -0.2) is 17.1 Å². The average Bonchev–Trinajstić information content (AvgIpc) is 2.93. The molecule has 74 valence electrons. The lowest BCUT2D eigenvalue weighted by molar-refractivity contribution is 0.227. The number of hydrogen-bond donors (Lipinski definition) is 1. The van der Waals surface area contributed by atoms with Gasteiger partial charge < -0.3 is 5.21 Å². The smallest absolute Gasteiger partial charge is 0.100 e. The minimum atomic E-state index is -0.615. The van der Waals surface area contributed by atoms with E-state index < -0.39 is 6.17 Å². The molecule has 2 saturated carbocycles. The molecule has 0 radical (unpaired) electrons. The van der Waals surface area contributed by atoms with Crippen molar-refractivity contribution in [1.29, 1.82) is 0 Å². The fourth-order valence-electron chi connectivity index (χ4n) is 2.22. The summed E-state index contributed by atoms with van der Waals surface area (Å²) in [5, 5.41) is 12.2. The molecular formula is C10H16FNO. The van der Waals surface area contributed by atoms with Crippen LogP contribution in [0.5, 0.6) is 0 Å². The van der Waals surface area contributed by atoms with E-state index in [0.717, 1.165) is 31.4 Å². The first kappa shape index (κ1) is 8.97. The van der Waals surface area contributed by atoms with Crippen LogP contribution in [-0.2, 0) is 0 Å². The SMILES string of the molecule is ON=C(C1CCC(F)CC1)C1CC1. The van der Waals surface area contributed by atoms with Gasteiger partial charge in [-0.2, -0.15) is 0 Å². The van der Waals surface area contributed by atoms with Crippen molar-refractivity contribution in [2.75, 3.05) is 0 Å². The molecule has 2 nitrogen and oxygen atoms in total. The quantitative estimate of drug-likeness (QED) is 0.400. The summed E-state index contributed by atoms with van der Waals surface area (Å²) in [4.78, 5) is 0. The van der Waals surface area contributed by atoms with Gasteiger partial charge in [-0.1, -0.05) is 5.16 Å². The Hall–Kier alpha value is -0.600. The molecule has 0 spiro atoms. The van der Waals surface area contributed by atoms with Gasteiger partial charge in [-0.15, -0.1) is 0 Å². The van der Waals surface area contributed by atoms with Crippen LogP contribution in [0.15, 0.2) is 5.16 Å². The Labute approximate surface area is 77.8 Å². The largest absolute Gasteiger partial charge is 0.411 e. The van der Waals surface area contributed by atoms with Crippen molar-refractivity contribution in [3.63, 3.8) is 0 Å². The Morgan fingerprint density at radius 2 is 1.46 bits per heavy atom. The van der Waals surface area contributed by atoms with E-state index in [9.17, 15) is 4.39 Å². The van der Waals surface area contributed by atoms with Crippen LogP contribution in [0.25, 0.3) is 0 Å². The second-order valence-electron chi connectivity index (χ2n) is 4.25. The summed E-state index contributed by atoms with van der Waals surface area (Å²) in [5.41, 5.74) is 0.951. The minimum Gasteiger partial charge on any atom is -0.411 e. The van der Waals surface area contributed by atoms with E-state index in [0.29, 0.717) is 24.7 Å². The van der Waals surface area contributed by atoms with E-state index >= 15 is 0 Å². The summed E-state index contributed by atoms with van der Waals surface area (Å²) in [7, 11) is 0. The molecule has 13 heavy (non-hydrogen) atoms. The molecule has 0 atom stereocenters. The number of rotatable bonds is 2. The predicted molar refractivity (Wildman–Crippen MR) is 48.8 cm³/mol. The maximum absolute atomic E-state index is 12.8. The van der Waals surface area contributed by atoms with Crippen LogP contribution in [0.4, 0.5) is 4.39 Å². The van der Waals surface area contributed by atoms with Gasteiger partial charge in [0.1, 0.15) is 6.17 Å². The maximum Gasteiger partial charge on any atom is 0.100 e. The highest BCUT2D eigenvalue weighted by Gasteiger charge is 2.35. The van der Waals surface area contributed by atoms with E-state index in [-0.39, 0.29) is 0 Å².